The molecule has 1 aliphatic rings. The van der Waals surface area contributed by atoms with Crippen LogP contribution >= 0.6 is 0 Å². The minimum atomic E-state index is -3.72. The van der Waals surface area contributed by atoms with Crippen molar-refractivity contribution < 1.29 is 22.6 Å². The van der Waals surface area contributed by atoms with Crippen LogP contribution in [0.15, 0.2) is 23.1 Å². The van der Waals surface area contributed by atoms with Gasteiger partial charge in [0.2, 0.25) is 0 Å². The smallest absolute Gasteiger partial charge is 0.257 e. The number of benzene rings is 1. The van der Waals surface area contributed by atoms with E-state index in [0.717, 1.165) is 0 Å². The Morgan fingerprint density at radius 3 is 2.50 bits per heavy atom. The van der Waals surface area contributed by atoms with E-state index in [1.54, 1.807) is 17.1 Å². The van der Waals surface area contributed by atoms with E-state index in [2.05, 4.69) is 4.83 Å². The Balaban J connectivity index is 2.27. The Kier molecular flexibility index (Phi) is 4.81. The van der Waals surface area contributed by atoms with Crippen molar-refractivity contribution in [1.82, 2.24) is 9.84 Å². The second kappa shape index (κ2) is 6.40. The average Bonchev–Trinajstić information content (AvgIpc) is 2.47. The summed E-state index contributed by atoms with van der Waals surface area (Å²) in [4.78, 5) is 2.57. The van der Waals surface area contributed by atoms with E-state index in [1.165, 1.54) is 20.3 Å². The normalized spacial score (nSPS) is 16.9. The van der Waals surface area contributed by atoms with E-state index in [9.17, 15) is 8.42 Å². The van der Waals surface area contributed by atoms with Crippen molar-refractivity contribution in [2.24, 2.45) is 0 Å². The topological polar surface area (TPSA) is 77.1 Å². The fraction of sp³-hybridized carbons (Fsp3) is 0.500. The highest BCUT2D eigenvalue weighted by Gasteiger charge is 2.24. The van der Waals surface area contributed by atoms with Crippen LogP contribution in [-0.4, -0.2) is 53.9 Å². The van der Waals surface area contributed by atoms with Crippen molar-refractivity contribution >= 4 is 10.0 Å². The lowest BCUT2D eigenvalue weighted by molar-refractivity contribution is 0.0272. The molecule has 1 heterocycles. The van der Waals surface area contributed by atoms with Crippen LogP contribution in [0.25, 0.3) is 0 Å². The molecule has 0 aromatic heterocycles. The van der Waals surface area contributed by atoms with Crippen LogP contribution in [0.2, 0.25) is 0 Å². The Hall–Kier alpha value is -1.35. The molecule has 0 aliphatic carbocycles. The zero-order valence-corrected chi connectivity index (χ0v) is 12.3. The number of hydrogen-bond acceptors (Lipinski definition) is 6. The predicted molar refractivity (Wildman–Crippen MR) is 72.3 cm³/mol. The highest BCUT2D eigenvalue weighted by molar-refractivity contribution is 7.89. The molecule has 0 bridgehead atoms. The Morgan fingerprint density at radius 1 is 1.20 bits per heavy atom. The molecule has 0 unspecified atom stereocenters. The van der Waals surface area contributed by atoms with Crippen LogP contribution < -0.4 is 14.3 Å². The highest BCUT2D eigenvalue weighted by atomic mass is 32.2. The van der Waals surface area contributed by atoms with Gasteiger partial charge in [0.25, 0.3) is 10.0 Å². The maximum absolute atomic E-state index is 12.4. The van der Waals surface area contributed by atoms with Gasteiger partial charge in [0.1, 0.15) is 16.4 Å². The Morgan fingerprint density at radius 2 is 1.90 bits per heavy atom. The number of morpholine rings is 1. The fourth-order valence-electron chi connectivity index (χ4n) is 1.87. The maximum Gasteiger partial charge on any atom is 0.257 e. The lowest BCUT2D eigenvalue weighted by Gasteiger charge is -2.27. The molecule has 0 radical (unpaired) electrons. The van der Waals surface area contributed by atoms with E-state index >= 15 is 0 Å². The van der Waals surface area contributed by atoms with Gasteiger partial charge in [-0.2, -0.15) is 0 Å². The standard InChI is InChI=1S/C12H18N2O5S/c1-17-10-3-4-11(18-2)12(9-10)20(15,16)13-14-5-7-19-8-6-14/h3-4,9,13H,5-8H2,1-2H3. The van der Waals surface area contributed by atoms with E-state index in [1.807, 2.05) is 0 Å². The number of sulfonamides is 1. The predicted octanol–water partition coefficient (Wildman–Crippen LogP) is 0.229. The number of rotatable bonds is 5. The lowest BCUT2D eigenvalue weighted by atomic mass is 10.3. The van der Waals surface area contributed by atoms with Gasteiger partial charge in [-0.25, -0.2) is 13.4 Å². The summed E-state index contributed by atoms with van der Waals surface area (Å²) in [7, 11) is -0.814. The van der Waals surface area contributed by atoms with Crippen LogP contribution in [0.3, 0.4) is 0 Å². The SMILES string of the molecule is COc1ccc(OC)c(S(=O)(=O)NN2CCOCC2)c1. The third-order valence-electron chi connectivity index (χ3n) is 2.92. The second-order valence-corrected chi connectivity index (χ2v) is 5.84. The number of nitrogens with zero attached hydrogens (tertiary/aromatic N) is 1. The van der Waals surface area contributed by atoms with Gasteiger partial charge in [0, 0.05) is 19.2 Å². The Bertz CT molecular complexity index is 555. The molecule has 1 aromatic rings. The molecule has 2 rings (SSSR count). The molecule has 1 aromatic carbocycles. The molecule has 1 saturated heterocycles. The minimum Gasteiger partial charge on any atom is -0.497 e. The van der Waals surface area contributed by atoms with Crippen LogP contribution in [-0.2, 0) is 14.8 Å². The van der Waals surface area contributed by atoms with Crippen molar-refractivity contribution in [3.05, 3.63) is 18.2 Å². The average molecular weight is 302 g/mol. The second-order valence-electron chi connectivity index (χ2n) is 4.21. The lowest BCUT2D eigenvalue weighted by Crippen LogP contribution is -2.48. The molecule has 1 fully saturated rings. The van der Waals surface area contributed by atoms with E-state index in [4.69, 9.17) is 14.2 Å². The molecule has 8 heteroatoms. The van der Waals surface area contributed by atoms with Crippen LogP contribution in [0, 0.1) is 0 Å². The first kappa shape index (κ1) is 15.0. The van der Waals surface area contributed by atoms with E-state index in [-0.39, 0.29) is 10.6 Å². The molecular weight excluding hydrogens is 284 g/mol. The largest absolute Gasteiger partial charge is 0.497 e. The first-order valence-electron chi connectivity index (χ1n) is 6.14. The molecule has 112 valence electrons. The fourth-order valence-corrected chi connectivity index (χ4v) is 3.18. The number of ether oxygens (including phenoxy) is 3. The Labute approximate surface area is 118 Å². The molecule has 1 aliphatic heterocycles. The summed E-state index contributed by atoms with van der Waals surface area (Å²) in [6.07, 6.45) is 0. The van der Waals surface area contributed by atoms with Gasteiger partial charge < -0.3 is 14.2 Å². The summed E-state index contributed by atoms with van der Waals surface area (Å²) in [5.41, 5.74) is 0. The van der Waals surface area contributed by atoms with Crippen LogP contribution in [0.5, 0.6) is 11.5 Å². The van der Waals surface area contributed by atoms with Crippen LogP contribution in [0.4, 0.5) is 0 Å². The van der Waals surface area contributed by atoms with Gasteiger partial charge in [0.05, 0.1) is 27.4 Å². The first-order chi connectivity index (χ1) is 9.56. The summed E-state index contributed by atoms with van der Waals surface area (Å²) in [5.74, 6) is 0.722. The number of hydrogen-bond donors (Lipinski definition) is 1. The van der Waals surface area contributed by atoms with Gasteiger partial charge in [-0.3, -0.25) is 0 Å². The highest BCUT2D eigenvalue weighted by Crippen LogP contribution is 2.28. The molecule has 7 nitrogen and oxygen atoms in total. The van der Waals surface area contributed by atoms with Gasteiger partial charge in [-0.05, 0) is 12.1 Å². The van der Waals surface area contributed by atoms with Crippen LogP contribution in [0.1, 0.15) is 0 Å². The third-order valence-corrected chi connectivity index (χ3v) is 4.32. The zero-order valence-electron chi connectivity index (χ0n) is 11.5. The molecule has 20 heavy (non-hydrogen) atoms. The zero-order chi connectivity index (χ0) is 14.6. The van der Waals surface area contributed by atoms with E-state index < -0.39 is 10.0 Å². The monoisotopic (exact) mass is 302 g/mol. The molecule has 0 atom stereocenters. The first-order valence-corrected chi connectivity index (χ1v) is 7.62. The summed E-state index contributed by atoms with van der Waals surface area (Å²) in [5, 5.41) is 1.61. The third kappa shape index (κ3) is 3.40. The van der Waals surface area contributed by atoms with Crippen molar-refractivity contribution in [3.63, 3.8) is 0 Å². The van der Waals surface area contributed by atoms with Crippen molar-refractivity contribution in [1.29, 1.82) is 0 Å². The summed E-state index contributed by atoms with van der Waals surface area (Å²) < 4.78 is 40.2. The molecule has 0 spiro atoms. The molecule has 0 amide bonds. The maximum atomic E-state index is 12.4. The number of hydrazine groups is 1. The summed E-state index contributed by atoms with van der Waals surface area (Å²) >= 11 is 0. The van der Waals surface area contributed by atoms with Gasteiger partial charge >= 0.3 is 0 Å². The van der Waals surface area contributed by atoms with E-state index in [0.29, 0.717) is 32.1 Å². The van der Waals surface area contributed by atoms with Gasteiger partial charge in [-0.15, -0.1) is 4.83 Å². The minimum absolute atomic E-state index is 0.0471. The van der Waals surface area contributed by atoms with Gasteiger partial charge in [-0.1, -0.05) is 0 Å². The van der Waals surface area contributed by atoms with Crippen molar-refractivity contribution in [2.45, 2.75) is 4.90 Å². The molecule has 0 saturated carbocycles. The summed E-state index contributed by atoms with van der Waals surface area (Å²) in [6.45, 7) is 2.01. The number of nitrogens with one attached hydrogen (secondary N) is 1. The molecule has 1 N–H and O–H groups in total. The van der Waals surface area contributed by atoms with Crippen molar-refractivity contribution in [3.8, 4) is 11.5 Å². The van der Waals surface area contributed by atoms with Gasteiger partial charge in [0.15, 0.2) is 0 Å². The molecular formula is C12H18N2O5S. The summed E-state index contributed by atoms with van der Waals surface area (Å²) in [6, 6.07) is 4.64. The number of methoxy groups -OCH3 is 2. The van der Waals surface area contributed by atoms with Crippen molar-refractivity contribution in [2.75, 3.05) is 40.5 Å². The quantitative estimate of drug-likeness (QED) is 0.839.